The van der Waals surface area contributed by atoms with Crippen LogP contribution in [0, 0.1) is 11.8 Å². The Hall–Kier alpha value is -1.84. The van der Waals surface area contributed by atoms with Gasteiger partial charge in [0.05, 0.1) is 0 Å². The summed E-state index contributed by atoms with van der Waals surface area (Å²) < 4.78 is 0. The van der Waals surface area contributed by atoms with Crippen LogP contribution >= 0.6 is 0 Å². The van der Waals surface area contributed by atoms with Crippen LogP contribution < -0.4 is 10.6 Å². The highest BCUT2D eigenvalue weighted by atomic mass is 16.2. The fourth-order valence-electron chi connectivity index (χ4n) is 2.98. The summed E-state index contributed by atoms with van der Waals surface area (Å²) in [5, 5.41) is 5.84. The third-order valence-corrected chi connectivity index (χ3v) is 4.47. The van der Waals surface area contributed by atoms with Crippen molar-refractivity contribution >= 4 is 17.5 Å². The van der Waals surface area contributed by atoms with E-state index in [0.29, 0.717) is 23.1 Å². The van der Waals surface area contributed by atoms with Crippen LogP contribution in [0.2, 0.25) is 0 Å². The topological polar surface area (TPSA) is 58.2 Å². The van der Waals surface area contributed by atoms with E-state index in [4.69, 9.17) is 0 Å². The van der Waals surface area contributed by atoms with Gasteiger partial charge in [-0.1, -0.05) is 32.8 Å². The van der Waals surface area contributed by atoms with Crippen molar-refractivity contribution in [1.82, 2.24) is 5.32 Å². The molecule has 0 unspecified atom stereocenters. The summed E-state index contributed by atoms with van der Waals surface area (Å²) in [5.41, 5.74) is 1.24. The Morgan fingerprint density at radius 3 is 2.67 bits per heavy atom. The van der Waals surface area contributed by atoms with E-state index in [-0.39, 0.29) is 17.9 Å². The van der Waals surface area contributed by atoms with E-state index in [0.717, 1.165) is 6.42 Å². The molecule has 0 saturated heterocycles. The molecule has 1 saturated carbocycles. The predicted molar refractivity (Wildman–Crippen MR) is 84.2 cm³/mol. The molecule has 0 bridgehead atoms. The Bertz CT molecular complexity index is 527. The van der Waals surface area contributed by atoms with E-state index in [1.807, 2.05) is 0 Å². The van der Waals surface area contributed by atoms with Gasteiger partial charge >= 0.3 is 0 Å². The van der Waals surface area contributed by atoms with Crippen LogP contribution in [0.3, 0.4) is 0 Å². The van der Waals surface area contributed by atoms with E-state index < -0.39 is 0 Å². The summed E-state index contributed by atoms with van der Waals surface area (Å²) in [7, 11) is 0. The van der Waals surface area contributed by atoms with Gasteiger partial charge in [-0.05, 0) is 36.5 Å². The molecule has 1 fully saturated rings. The van der Waals surface area contributed by atoms with Gasteiger partial charge in [0, 0.05) is 24.2 Å². The minimum absolute atomic E-state index is 0.0619. The van der Waals surface area contributed by atoms with Gasteiger partial charge in [-0.2, -0.15) is 0 Å². The molecule has 4 heteroatoms. The zero-order valence-electron chi connectivity index (χ0n) is 13.0. The third kappa shape index (κ3) is 4.06. The van der Waals surface area contributed by atoms with Crippen LogP contribution in [0.5, 0.6) is 0 Å². The van der Waals surface area contributed by atoms with Crippen molar-refractivity contribution < 1.29 is 9.59 Å². The van der Waals surface area contributed by atoms with Gasteiger partial charge in [0.15, 0.2) is 0 Å². The standard InChI is InChI=1S/C17H24N2O2/c1-11-6-4-9-16(12(11)2)19-17(21)14-7-5-8-15(10-14)18-13(3)20/h5,7-8,10-12,16H,4,6,9H2,1-3H3,(H,18,20)(H,19,21)/t11-,12-,16+/m1/s1. The molecule has 21 heavy (non-hydrogen) atoms. The lowest BCUT2D eigenvalue weighted by molar-refractivity contribution is -0.114. The molecule has 0 radical (unpaired) electrons. The SMILES string of the molecule is CC(=O)Nc1cccc(C(=O)N[C@H]2CCC[C@@H](C)[C@H]2C)c1. The predicted octanol–water partition coefficient (Wildman–Crippen LogP) is 3.20. The lowest BCUT2D eigenvalue weighted by atomic mass is 9.78. The fraction of sp³-hybridized carbons (Fsp3) is 0.529. The number of carbonyl (C=O) groups is 2. The normalized spacial score (nSPS) is 25.2. The molecular formula is C17H24N2O2. The summed E-state index contributed by atoms with van der Waals surface area (Å²) in [5.74, 6) is 0.950. The van der Waals surface area contributed by atoms with E-state index in [2.05, 4.69) is 24.5 Å². The van der Waals surface area contributed by atoms with Gasteiger partial charge in [0.1, 0.15) is 0 Å². The summed E-state index contributed by atoms with van der Waals surface area (Å²) in [6.07, 6.45) is 3.45. The highest BCUT2D eigenvalue weighted by Gasteiger charge is 2.28. The van der Waals surface area contributed by atoms with E-state index in [9.17, 15) is 9.59 Å². The maximum atomic E-state index is 12.4. The molecule has 1 aliphatic rings. The lowest BCUT2D eigenvalue weighted by Crippen LogP contribution is -2.43. The zero-order chi connectivity index (χ0) is 15.4. The van der Waals surface area contributed by atoms with E-state index in [1.54, 1.807) is 24.3 Å². The van der Waals surface area contributed by atoms with Crippen LogP contribution in [0.1, 0.15) is 50.4 Å². The van der Waals surface area contributed by atoms with Crippen LogP contribution in [-0.4, -0.2) is 17.9 Å². The highest BCUT2D eigenvalue weighted by molar-refractivity contribution is 5.96. The first-order valence-electron chi connectivity index (χ1n) is 7.66. The van der Waals surface area contributed by atoms with Crippen molar-refractivity contribution in [3.63, 3.8) is 0 Å². The molecule has 4 nitrogen and oxygen atoms in total. The quantitative estimate of drug-likeness (QED) is 0.897. The molecule has 1 aromatic carbocycles. The van der Waals surface area contributed by atoms with Crippen molar-refractivity contribution in [3.8, 4) is 0 Å². The summed E-state index contributed by atoms with van der Waals surface area (Å²) in [4.78, 5) is 23.5. The average Bonchev–Trinajstić information content (AvgIpc) is 2.43. The maximum absolute atomic E-state index is 12.4. The molecule has 1 aliphatic carbocycles. The second kappa shape index (κ2) is 6.74. The van der Waals surface area contributed by atoms with Gasteiger partial charge in [0.2, 0.25) is 5.91 Å². The summed E-state index contributed by atoms with van der Waals surface area (Å²) >= 11 is 0. The second-order valence-electron chi connectivity index (χ2n) is 6.11. The first-order chi connectivity index (χ1) is 9.97. The largest absolute Gasteiger partial charge is 0.349 e. The first-order valence-corrected chi connectivity index (χ1v) is 7.66. The Morgan fingerprint density at radius 2 is 1.95 bits per heavy atom. The molecule has 2 amide bonds. The highest BCUT2D eigenvalue weighted by Crippen LogP contribution is 2.29. The third-order valence-electron chi connectivity index (χ3n) is 4.47. The number of anilines is 1. The van der Waals surface area contributed by atoms with Crippen LogP contribution in [-0.2, 0) is 4.79 Å². The molecule has 1 aromatic rings. The number of amides is 2. The van der Waals surface area contributed by atoms with Gasteiger partial charge in [-0.15, -0.1) is 0 Å². The molecule has 3 atom stereocenters. The lowest BCUT2D eigenvalue weighted by Gasteiger charge is -2.34. The second-order valence-corrected chi connectivity index (χ2v) is 6.11. The molecule has 0 heterocycles. The van der Waals surface area contributed by atoms with Crippen molar-refractivity contribution in [2.24, 2.45) is 11.8 Å². The monoisotopic (exact) mass is 288 g/mol. The molecule has 0 aromatic heterocycles. The van der Waals surface area contributed by atoms with Crippen LogP contribution in [0.15, 0.2) is 24.3 Å². The number of hydrogen-bond acceptors (Lipinski definition) is 2. The Balaban J connectivity index is 2.04. The van der Waals surface area contributed by atoms with E-state index >= 15 is 0 Å². The minimum atomic E-state index is -0.137. The summed E-state index contributed by atoms with van der Waals surface area (Å²) in [6.45, 7) is 5.92. The first kappa shape index (κ1) is 15.5. The molecule has 0 aliphatic heterocycles. The van der Waals surface area contributed by atoms with Gasteiger partial charge in [-0.3, -0.25) is 9.59 Å². The number of hydrogen-bond donors (Lipinski definition) is 2. The van der Waals surface area contributed by atoms with Gasteiger partial charge in [0.25, 0.3) is 5.91 Å². The molecule has 0 spiro atoms. The van der Waals surface area contributed by atoms with Gasteiger partial charge in [-0.25, -0.2) is 0 Å². The Labute approximate surface area is 126 Å². The number of benzene rings is 1. The van der Waals surface area contributed by atoms with Gasteiger partial charge < -0.3 is 10.6 Å². The zero-order valence-corrected chi connectivity index (χ0v) is 13.0. The van der Waals surface area contributed by atoms with Crippen LogP contribution in [0.4, 0.5) is 5.69 Å². The Kier molecular flexibility index (Phi) is 4.99. The number of nitrogens with one attached hydrogen (secondary N) is 2. The van der Waals surface area contributed by atoms with E-state index in [1.165, 1.54) is 19.8 Å². The van der Waals surface area contributed by atoms with Crippen LogP contribution in [0.25, 0.3) is 0 Å². The van der Waals surface area contributed by atoms with Crippen molar-refractivity contribution in [2.75, 3.05) is 5.32 Å². The molecular weight excluding hydrogens is 264 g/mol. The number of carbonyl (C=O) groups excluding carboxylic acids is 2. The Morgan fingerprint density at radius 1 is 1.19 bits per heavy atom. The summed E-state index contributed by atoms with van der Waals surface area (Å²) in [6, 6.07) is 7.30. The molecule has 114 valence electrons. The van der Waals surface area contributed by atoms with Crippen molar-refractivity contribution in [3.05, 3.63) is 29.8 Å². The number of rotatable bonds is 3. The molecule has 2 rings (SSSR count). The average molecular weight is 288 g/mol. The van der Waals surface area contributed by atoms with Crippen molar-refractivity contribution in [1.29, 1.82) is 0 Å². The fourth-order valence-corrected chi connectivity index (χ4v) is 2.98. The maximum Gasteiger partial charge on any atom is 0.251 e. The molecule has 2 N–H and O–H groups in total. The minimum Gasteiger partial charge on any atom is -0.349 e. The smallest absolute Gasteiger partial charge is 0.251 e. The van der Waals surface area contributed by atoms with Crippen molar-refractivity contribution in [2.45, 2.75) is 46.1 Å².